The first kappa shape index (κ1) is 13.2. The summed E-state index contributed by atoms with van der Waals surface area (Å²) in [5.41, 5.74) is 1.97. The van der Waals surface area contributed by atoms with Gasteiger partial charge in [-0.15, -0.1) is 0 Å². The van der Waals surface area contributed by atoms with E-state index in [1.165, 1.54) is 0 Å². The maximum absolute atomic E-state index is 10.3. The normalized spacial score (nSPS) is 13.8. The van der Waals surface area contributed by atoms with Gasteiger partial charge < -0.3 is 10.2 Å². The SMILES string of the molecule is CC(C)(C)C(O)c1ccccc1CCCO. The largest absolute Gasteiger partial charge is 0.396 e. The Kier molecular flexibility index (Phi) is 4.51. The van der Waals surface area contributed by atoms with Gasteiger partial charge in [-0.25, -0.2) is 0 Å². The van der Waals surface area contributed by atoms with Crippen LogP contribution in [0.2, 0.25) is 0 Å². The summed E-state index contributed by atoms with van der Waals surface area (Å²) < 4.78 is 0. The zero-order valence-corrected chi connectivity index (χ0v) is 10.4. The van der Waals surface area contributed by atoms with E-state index in [2.05, 4.69) is 0 Å². The van der Waals surface area contributed by atoms with Gasteiger partial charge in [-0.2, -0.15) is 0 Å². The summed E-state index contributed by atoms with van der Waals surface area (Å²) in [4.78, 5) is 0. The summed E-state index contributed by atoms with van der Waals surface area (Å²) in [5.74, 6) is 0. The number of benzene rings is 1. The minimum Gasteiger partial charge on any atom is -0.396 e. The highest BCUT2D eigenvalue weighted by Crippen LogP contribution is 2.34. The molecule has 16 heavy (non-hydrogen) atoms. The molecule has 1 atom stereocenters. The fraction of sp³-hybridized carbons (Fsp3) is 0.571. The highest BCUT2D eigenvalue weighted by Gasteiger charge is 2.25. The van der Waals surface area contributed by atoms with E-state index in [1.54, 1.807) is 0 Å². The van der Waals surface area contributed by atoms with Crippen LogP contribution in [0.5, 0.6) is 0 Å². The lowest BCUT2D eigenvalue weighted by Gasteiger charge is -2.28. The smallest absolute Gasteiger partial charge is 0.0840 e. The van der Waals surface area contributed by atoms with Crippen molar-refractivity contribution in [1.29, 1.82) is 0 Å². The quantitative estimate of drug-likeness (QED) is 0.822. The molecule has 0 radical (unpaired) electrons. The van der Waals surface area contributed by atoms with E-state index < -0.39 is 6.10 Å². The Balaban J connectivity index is 2.94. The second kappa shape index (κ2) is 5.46. The van der Waals surface area contributed by atoms with E-state index in [0.717, 1.165) is 24.0 Å². The third kappa shape index (κ3) is 3.32. The summed E-state index contributed by atoms with van der Waals surface area (Å²) in [7, 11) is 0. The molecule has 0 fully saturated rings. The van der Waals surface area contributed by atoms with Gasteiger partial charge in [0.15, 0.2) is 0 Å². The van der Waals surface area contributed by atoms with Gasteiger partial charge in [0.05, 0.1) is 6.10 Å². The van der Waals surface area contributed by atoms with E-state index >= 15 is 0 Å². The van der Waals surface area contributed by atoms with Crippen LogP contribution in [0.1, 0.15) is 44.4 Å². The fourth-order valence-electron chi connectivity index (χ4n) is 1.76. The molecule has 0 aromatic heterocycles. The number of hydrogen-bond donors (Lipinski definition) is 2. The zero-order valence-electron chi connectivity index (χ0n) is 10.4. The summed E-state index contributed by atoms with van der Waals surface area (Å²) in [5, 5.41) is 19.1. The van der Waals surface area contributed by atoms with Gasteiger partial charge in [-0.3, -0.25) is 0 Å². The molecule has 1 aromatic rings. The van der Waals surface area contributed by atoms with Crippen LogP contribution in [0.15, 0.2) is 24.3 Å². The van der Waals surface area contributed by atoms with Crippen molar-refractivity contribution in [3.63, 3.8) is 0 Å². The van der Waals surface area contributed by atoms with Crippen molar-refractivity contribution in [2.75, 3.05) is 6.61 Å². The maximum atomic E-state index is 10.3. The van der Waals surface area contributed by atoms with Gasteiger partial charge >= 0.3 is 0 Å². The molecule has 1 rings (SSSR count). The molecule has 1 aromatic carbocycles. The molecule has 0 aliphatic carbocycles. The maximum Gasteiger partial charge on any atom is 0.0840 e. The molecule has 2 N–H and O–H groups in total. The first-order valence-corrected chi connectivity index (χ1v) is 5.83. The van der Waals surface area contributed by atoms with Crippen molar-refractivity contribution >= 4 is 0 Å². The standard InChI is InChI=1S/C14H22O2/c1-14(2,3)13(16)12-9-5-4-7-11(12)8-6-10-15/h4-5,7,9,13,15-16H,6,8,10H2,1-3H3. The van der Waals surface area contributed by atoms with Crippen LogP contribution in [0.25, 0.3) is 0 Å². The summed E-state index contributed by atoms with van der Waals surface area (Å²) in [6.45, 7) is 6.28. The van der Waals surface area contributed by atoms with Gasteiger partial charge in [-0.05, 0) is 29.4 Å². The highest BCUT2D eigenvalue weighted by atomic mass is 16.3. The van der Waals surface area contributed by atoms with Gasteiger partial charge in [-0.1, -0.05) is 45.0 Å². The molecule has 0 bridgehead atoms. The Morgan fingerprint density at radius 1 is 1.19 bits per heavy atom. The lowest BCUT2D eigenvalue weighted by molar-refractivity contribution is 0.0618. The third-order valence-electron chi connectivity index (χ3n) is 2.77. The molecular weight excluding hydrogens is 200 g/mol. The van der Waals surface area contributed by atoms with Crippen LogP contribution in [0.4, 0.5) is 0 Å². The molecule has 2 heteroatoms. The first-order valence-electron chi connectivity index (χ1n) is 5.83. The second-order valence-corrected chi connectivity index (χ2v) is 5.29. The van der Waals surface area contributed by atoms with E-state index in [0.29, 0.717) is 0 Å². The molecule has 0 aliphatic rings. The molecule has 0 amide bonds. The summed E-state index contributed by atoms with van der Waals surface area (Å²) >= 11 is 0. The summed E-state index contributed by atoms with van der Waals surface area (Å²) in [6, 6.07) is 7.93. The summed E-state index contributed by atoms with van der Waals surface area (Å²) in [6.07, 6.45) is 1.11. The zero-order chi connectivity index (χ0) is 12.2. The average Bonchev–Trinajstić information content (AvgIpc) is 2.24. The number of aliphatic hydroxyl groups excluding tert-OH is 2. The van der Waals surface area contributed by atoms with Gasteiger partial charge in [0.25, 0.3) is 0 Å². The van der Waals surface area contributed by atoms with Crippen LogP contribution in [-0.2, 0) is 6.42 Å². The molecule has 90 valence electrons. The van der Waals surface area contributed by atoms with Crippen LogP contribution in [0.3, 0.4) is 0 Å². The fourth-order valence-corrected chi connectivity index (χ4v) is 1.76. The van der Waals surface area contributed by atoms with Gasteiger partial charge in [0.1, 0.15) is 0 Å². The van der Waals surface area contributed by atoms with E-state index in [1.807, 2.05) is 45.0 Å². The van der Waals surface area contributed by atoms with Crippen LogP contribution >= 0.6 is 0 Å². The molecule has 0 spiro atoms. The monoisotopic (exact) mass is 222 g/mol. The minimum absolute atomic E-state index is 0.157. The van der Waals surface area contributed by atoms with Crippen LogP contribution in [-0.4, -0.2) is 16.8 Å². The predicted octanol–water partition coefficient (Wildman–Crippen LogP) is 2.69. The molecule has 0 saturated carbocycles. The predicted molar refractivity (Wildman–Crippen MR) is 66.3 cm³/mol. The molecule has 0 saturated heterocycles. The van der Waals surface area contributed by atoms with E-state index in [-0.39, 0.29) is 12.0 Å². The highest BCUT2D eigenvalue weighted by molar-refractivity contribution is 5.30. The van der Waals surface area contributed by atoms with Crippen LogP contribution < -0.4 is 0 Å². The molecule has 0 aliphatic heterocycles. The Labute approximate surface area is 97.9 Å². The topological polar surface area (TPSA) is 40.5 Å². The second-order valence-electron chi connectivity index (χ2n) is 5.29. The van der Waals surface area contributed by atoms with Crippen molar-refractivity contribution in [2.24, 2.45) is 5.41 Å². The van der Waals surface area contributed by atoms with Gasteiger partial charge in [0.2, 0.25) is 0 Å². The third-order valence-corrected chi connectivity index (χ3v) is 2.77. The van der Waals surface area contributed by atoms with Crippen molar-refractivity contribution in [2.45, 2.75) is 39.7 Å². The first-order chi connectivity index (χ1) is 7.46. The number of aliphatic hydroxyl groups is 2. The van der Waals surface area contributed by atoms with Crippen molar-refractivity contribution in [1.82, 2.24) is 0 Å². The molecule has 2 nitrogen and oxygen atoms in total. The molecule has 0 heterocycles. The van der Waals surface area contributed by atoms with Crippen LogP contribution in [0, 0.1) is 5.41 Å². The Bertz CT molecular complexity index is 326. The van der Waals surface area contributed by atoms with E-state index in [4.69, 9.17) is 5.11 Å². The minimum atomic E-state index is -0.456. The van der Waals surface area contributed by atoms with Crippen molar-refractivity contribution in [3.05, 3.63) is 35.4 Å². The number of hydrogen-bond acceptors (Lipinski definition) is 2. The Hall–Kier alpha value is -0.860. The lowest BCUT2D eigenvalue weighted by Crippen LogP contribution is -2.19. The number of rotatable bonds is 4. The number of aryl methyl sites for hydroxylation is 1. The Morgan fingerprint density at radius 2 is 1.81 bits per heavy atom. The van der Waals surface area contributed by atoms with Crippen molar-refractivity contribution in [3.8, 4) is 0 Å². The van der Waals surface area contributed by atoms with E-state index in [9.17, 15) is 5.11 Å². The molecule has 1 unspecified atom stereocenters. The Morgan fingerprint density at radius 3 is 2.38 bits per heavy atom. The van der Waals surface area contributed by atoms with Gasteiger partial charge in [0, 0.05) is 6.61 Å². The molecular formula is C14H22O2. The lowest BCUT2D eigenvalue weighted by atomic mass is 9.82. The average molecular weight is 222 g/mol. The van der Waals surface area contributed by atoms with Crippen molar-refractivity contribution < 1.29 is 10.2 Å².